The molecule has 0 radical (unpaired) electrons. The summed E-state index contributed by atoms with van der Waals surface area (Å²) in [5, 5.41) is 8.74. The minimum Gasteiger partial charge on any atom is -0.299 e. The minimum atomic E-state index is 0.232. The fraction of sp³-hybridized carbons (Fsp3) is 0.364. The second-order valence-corrected chi connectivity index (χ2v) is 3.62. The lowest BCUT2D eigenvalue weighted by atomic mass is 10.2. The van der Waals surface area contributed by atoms with Gasteiger partial charge in [0.15, 0.2) is 0 Å². The molecule has 1 heterocycles. The van der Waals surface area contributed by atoms with E-state index in [2.05, 4.69) is 42.5 Å². The van der Waals surface area contributed by atoms with E-state index in [-0.39, 0.29) is 6.17 Å². The van der Waals surface area contributed by atoms with E-state index in [1.54, 1.807) is 0 Å². The molecular weight excluding hydrogens is 174 g/mol. The summed E-state index contributed by atoms with van der Waals surface area (Å²) in [5.74, 6) is 0. The van der Waals surface area contributed by atoms with Crippen molar-refractivity contribution in [2.45, 2.75) is 20.0 Å². The second kappa shape index (κ2) is 3.42. The van der Waals surface area contributed by atoms with Crippen LogP contribution in [0.5, 0.6) is 0 Å². The number of aromatic nitrogens is 2. The van der Waals surface area contributed by atoms with Crippen LogP contribution in [-0.4, -0.2) is 16.8 Å². The first-order valence-corrected chi connectivity index (χ1v) is 4.83. The third-order valence-corrected chi connectivity index (χ3v) is 2.54. The van der Waals surface area contributed by atoms with E-state index in [1.807, 2.05) is 17.9 Å². The van der Waals surface area contributed by atoms with Gasteiger partial charge in [-0.25, -0.2) is 4.68 Å². The predicted molar refractivity (Wildman–Crippen MR) is 58.2 cm³/mol. The van der Waals surface area contributed by atoms with E-state index in [0.29, 0.717) is 0 Å². The summed E-state index contributed by atoms with van der Waals surface area (Å²) in [4.78, 5) is 0. The number of fused-ring (bicyclic) bond motifs is 1. The van der Waals surface area contributed by atoms with Gasteiger partial charge in [0.25, 0.3) is 0 Å². The van der Waals surface area contributed by atoms with Crippen LogP contribution in [-0.2, 0) is 0 Å². The van der Waals surface area contributed by atoms with Gasteiger partial charge in [0.05, 0.1) is 17.9 Å². The van der Waals surface area contributed by atoms with Crippen LogP contribution in [0.15, 0.2) is 24.4 Å². The Kier molecular flexibility index (Phi) is 2.25. The van der Waals surface area contributed by atoms with Gasteiger partial charge in [-0.3, -0.25) is 5.32 Å². The molecule has 1 aromatic heterocycles. The van der Waals surface area contributed by atoms with Crippen LogP contribution < -0.4 is 5.32 Å². The van der Waals surface area contributed by atoms with Crippen molar-refractivity contribution in [3.8, 4) is 0 Å². The lowest BCUT2D eigenvalue weighted by molar-refractivity contribution is 0.446. The zero-order valence-electron chi connectivity index (χ0n) is 8.78. The zero-order valence-corrected chi connectivity index (χ0v) is 8.78. The Labute approximate surface area is 83.7 Å². The summed E-state index contributed by atoms with van der Waals surface area (Å²) in [5.41, 5.74) is 2.45. The van der Waals surface area contributed by atoms with Gasteiger partial charge in [0, 0.05) is 5.39 Å². The van der Waals surface area contributed by atoms with E-state index < -0.39 is 0 Å². The molecule has 2 aromatic rings. The van der Waals surface area contributed by atoms with E-state index in [0.717, 1.165) is 0 Å². The fourth-order valence-electron chi connectivity index (χ4n) is 1.60. The van der Waals surface area contributed by atoms with E-state index in [9.17, 15) is 0 Å². The van der Waals surface area contributed by atoms with Gasteiger partial charge in [0.1, 0.15) is 0 Å². The summed E-state index contributed by atoms with van der Waals surface area (Å²) in [6.45, 7) is 4.19. The van der Waals surface area contributed by atoms with Gasteiger partial charge in [-0.2, -0.15) is 5.10 Å². The summed E-state index contributed by atoms with van der Waals surface area (Å²) in [6, 6.07) is 6.38. The molecule has 0 bridgehead atoms. The van der Waals surface area contributed by atoms with Crippen LogP contribution in [0.25, 0.3) is 10.9 Å². The summed E-state index contributed by atoms with van der Waals surface area (Å²) >= 11 is 0. The van der Waals surface area contributed by atoms with Crippen LogP contribution in [0.3, 0.4) is 0 Å². The molecule has 1 unspecified atom stereocenters. The topological polar surface area (TPSA) is 29.9 Å². The van der Waals surface area contributed by atoms with Gasteiger partial charge in [0.2, 0.25) is 0 Å². The number of hydrogen-bond acceptors (Lipinski definition) is 2. The van der Waals surface area contributed by atoms with Crippen molar-refractivity contribution in [3.63, 3.8) is 0 Å². The van der Waals surface area contributed by atoms with Gasteiger partial charge in [-0.05, 0) is 33.0 Å². The van der Waals surface area contributed by atoms with Crippen LogP contribution in [0, 0.1) is 6.92 Å². The van der Waals surface area contributed by atoms with Crippen molar-refractivity contribution in [3.05, 3.63) is 30.0 Å². The molecule has 0 spiro atoms. The van der Waals surface area contributed by atoms with E-state index in [4.69, 9.17) is 0 Å². The number of hydrogen-bond donors (Lipinski definition) is 1. The van der Waals surface area contributed by atoms with Crippen LogP contribution in [0.1, 0.15) is 18.7 Å². The Bertz CT molecular complexity index is 445. The monoisotopic (exact) mass is 189 g/mol. The SMILES string of the molecule is CNC(C)n1ncc2cc(C)ccc21. The molecule has 1 aromatic carbocycles. The summed E-state index contributed by atoms with van der Waals surface area (Å²) in [6.07, 6.45) is 2.14. The maximum absolute atomic E-state index is 4.36. The van der Waals surface area contributed by atoms with Crippen molar-refractivity contribution in [1.29, 1.82) is 0 Å². The second-order valence-electron chi connectivity index (χ2n) is 3.62. The van der Waals surface area contributed by atoms with Crippen molar-refractivity contribution in [1.82, 2.24) is 15.1 Å². The van der Waals surface area contributed by atoms with Crippen LogP contribution >= 0.6 is 0 Å². The molecule has 0 saturated heterocycles. The maximum atomic E-state index is 4.36. The van der Waals surface area contributed by atoms with Crippen molar-refractivity contribution in [2.24, 2.45) is 0 Å². The molecule has 0 aliphatic heterocycles. The largest absolute Gasteiger partial charge is 0.299 e. The van der Waals surface area contributed by atoms with Gasteiger partial charge in [-0.15, -0.1) is 0 Å². The molecule has 0 amide bonds. The standard InChI is InChI=1S/C11H15N3/c1-8-4-5-11-10(6-8)7-13-14(11)9(2)12-3/h4-7,9,12H,1-3H3. The molecule has 0 aliphatic carbocycles. The van der Waals surface area contributed by atoms with Crippen molar-refractivity contribution < 1.29 is 0 Å². The number of aryl methyl sites for hydroxylation is 1. The molecule has 3 nitrogen and oxygen atoms in total. The predicted octanol–water partition coefficient (Wildman–Crippen LogP) is 2.08. The Balaban J connectivity index is 2.58. The molecule has 3 heteroatoms. The maximum Gasteiger partial charge on any atom is 0.0989 e. The molecule has 0 fully saturated rings. The van der Waals surface area contributed by atoms with Gasteiger partial charge >= 0.3 is 0 Å². The quantitative estimate of drug-likeness (QED) is 0.784. The molecule has 0 saturated carbocycles. The van der Waals surface area contributed by atoms with Crippen molar-refractivity contribution >= 4 is 10.9 Å². The molecule has 0 aliphatic rings. The molecule has 2 rings (SSSR count). The van der Waals surface area contributed by atoms with Gasteiger partial charge < -0.3 is 0 Å². The van der Waals surface area contributed by atoms with E-state index >= 15 is 0 Å². The molecular formula is C11H15N3. The highest BCUT2D eigenvalue weighted by Crippen LogP contribution is 2.17. The highest BCUT2D eigenvalue weighted by atomic mass is 15.3. The van der Waals surface area contributed by atoms with Crippen LogP contribution in [0.4, 0.5) is 0 Å². The molecule has 74 valence electrons. The summed E-state index contributed by atoms with van der Waals surface area (Å²) in [7, 11) is 1.94. The van der Waals surface area contributed by atoms with Crippen molar-refractivity contribution in [2.75, 3.05) is 7.05 Å². The Morgan fingerprint density at radius 3 is 2.93 bits per heavy atom. The fourth-order valence-corrected chi connectivity index (χ4v) is 1.60. The average Bonchev–Trinajstić information content (AvgIpc) is 2.59. The van der Waals surface area contributed by atoms with Gasteiger partial charge in [-0.1, -0.05) is 11.6 Å². The number of nitrogens with one attached hydrogen (secondary N) is 1. The first-order valence-electron chi connectivity index (χ1n) is 4.83. The third kappa shape index (κ3) is 1.40. The Morgan fingerprint density at radius 1 is 1.43 bits per heavy atom. The molecule has 14 heavy (non-hydrogen) atoms. The Morgan fingerprint density at radius 2 is 2.21 bits per heavy atom. The first-order chi connectivity index (χ1) is 6.72. The zero-order chi connectivity index (χ0) is 10.1. The highest BCUT2D eigenvalue weighted by Gasteiger charge is 2.06. The smallest absolute Gasteiger partial charge is 0.0989 e. The normalized spacial score (nSPS) is 13.4. The Hall–Kier alpha value is -1.35. The third-order valence-electron chi connectivity index (χ3n) is 2.54. The highest BCUT2D eigenvalue weighted by molar-refractivity contribution is 5.79. The lowest BCUT2D eigenvalue weighted by Crippen LogP contribution is -2.20. The summed E-state index contributed by atoms with van der Waals surface area (Å²) < 4.78 is 1.99. The number of nitrogens with zero attached hydrogens (tertiary/aromatic N) is 2. The first kappa shape index (κ1) is 9.21. The average molecular weight is 189 g/mol. The number of rotatable bonds is 2. The molecule has 1 atom stereocenters. The number of benzene rings is 1. The van der Waals surface area contributed by atoms with E-state index in [1.165, 1.54) is 16.5 Å². The lowest BCUT2D eigenvalue weighted by Gasteiger charge is -2.11. The van der Waals surface area contributed by atoms with Crippen LogP contribution in [0.2, 0.25) is 0 Å². The molecule has 1 N–H and O–H groups in total. The minimum absolute atomic E-state index is 0.232.